The van der Waals surface area contributed by atoms with Crippen molar-refractivity contribution in [2.24, 2.45) is 0 Å². The fraction of sp³-hybridized carbons (Fsp3) is 0.471. The van der Waals surface area contributed by atoms with Crippen molar-refractivity contribution in [2.45, 2.75) is 25.8 Å². The first kappa shape index (κ1) is 15.6. The van der Waals surface area contributed by atoms with Crippen LogP contribution in [0.5, 0.6) is 5.75 Å². The molecule has 1 fully saturated rings. The fourth-order valence-corrected chi connectivity index (χ4v) is 2.68. The number of likely N-dealkylation sites (N-methyl/N-ethyl adjacent to an activating group) is 1. The second-order valence-corrected chi connectivity index (χ2v) is 5.22. The van der Waals surface area contributed by atoms with Crippen LogP contribution in [0.1, 0.15) is 25.3 Å². The number of hydrogen-bond donors (Lipinski definition) is 1. The number of ether oxygens (including phenoxy) is 1. The Labute approximate surface area is 126 Å². The molecule has 21 heavy (non-hydrogen) atoms. The van der Waals surface area contributed by atoms with Gasteiger partial charge in [-0.25, -0.2) is 0 Å². The number of nitrogens with zero attached hydrogens (tertiary/aromatic N) is 1. The normalized spacial score (nSPS) is 18.4. The van der Waals surface area contributed by atoms with Gasteiger partial charge in [-0.1, -0.05) is 12.1 Å². The first-order chi connectivity index (χ1) is 10.2. The summed E-state index contributed by atoms with van der Waals surface area (Å²) in [4.78, 5) is 14.2. The molecule has 0 radical (unpaired) electrons. The lowest BCUT2D eigenvalue weighted by molar-refractivity contribution is -0.126. The third-order valence-corrected chi connectivity index (χ3v) is 3.71. The lowest BCUT2D eigenvalue weighted by Gasteiger charge is -2.23. The molecule has 1 saturated heterocycles. The minimum atomic E-state index is 0.0987. The van der Waals surface area contributed by atoms with Crippen molar-refractivity contribution in [1.82, 2.24) is 10.2 Å². The van der Waals surface area contributed by atoms with Crippen molar-refractivity contribution in [2.75, 3.05) is 26.7 Å². The molecule has 1 aliphatic heterocycles. The van der Waals surface area contributed by atoms with Crippen LogP contribution in [0.4, 0.5) is 0 Å². The standard InChI is InChI=1S/C17H24N2O2/c1-3-21-16-9-6-14(7-10-16)8-11-17(20)19-12-4-5-15(19)13-18-2/h6-11,15,18H,3-5,12-13H2,1-2H3. The molecule has 1 atom stereocenters. The summed E-state index contributed by atoms with van der Waals surface area (Å²) >= 11 is 0. The van der Waals surface area contributed by atoms with Gasteiger partial charge in [0.1, 0.15) is 5.75 Å². The lowest BCUT2D eigenvalue weighted by Crippen LogP contribution is -2.39. The van der Waals surface area contributed by atoms with Crippen LogP contribution < -0.4 is 10.1 Å². The summed E-state index contributed by atoms with van der Waals surface area (Å²) < 4.78 is 5.40. The van der Waals surface area contributed by atoms with Crippen LogP contribution >= 0.6 is 0 Å². The minimum absolute atomic E-state index is 0.0987. The van der Waals surface area contributed by atoms with E-state index in [0.29, 0.717) is 12.6 Å². The van der Waals surface area contributed by atoms with Gasteiger partial charge in [-0.2, -0.15) is 0 Å². The molecule has 0 aromatic heterocycles. The van der Waals surface area contributed by atoms with Crippen LogP contribution in [0.2, 0.25) is 0 Å². The minimum Gasteiger partial charge on any atom is -0.494 e. The Hall–Kier alpha value is -1.81. The van der Waals surface area contributed by atoms with Gasteiger partial charge in [-0.3, -0.25) is 4.79 Å². The maximum atomic E-state index is 12.3. The molecule has 1 aliphatic rings. The summed E-state index contributed by atoms with van der Waals surface area (Å²) in [5.74, 6) is 0.955. The number of carbonyl (C=O) groups is 1. The maximum Gasteiger partial charge on any atom is 0.246 e. The number of hydrogen-bond acceptors (Lipinski definition) is 3. The van der Waals surface area contributed by atoms with E-state index in [9.17, 15) is 4.79 Å². The molecule has 1 aromatic rings. The number of rotatable bonds is 6. The van der Waals surface area contributed by atoms with Crippen molar-refractivity contribution < 1.29 is 9.53 Å². The van der Waals surface area contributed by atoms with E-state index in [1.807, 2.05) is 49.2 Å². The second-order valence-electron chi connectivity index (χ2n) is 5.22. The molecule has 1 amide bonds. The fourth-order valence-electron chi connectivity index (χ4n) is 2.68. The molecule has 1 N–H and O–H groups in total. The first-order valence-electron chi connectivity index (χ1n) is 7.60. The van der Waals surface area contributed by atoms with Crippen LogP contribution in [0, 0.1) is 0 Å². The molecule has 0 saturated carbocycles. The molecule has 4 nitrogen and oxygen atoms in total. The van der Waals surface area contributed by atoms with Gasteiger partial charge in [0.15, 0.2) is 0 Å². The average Bonchev–Trinajstić information content (AvgIpc) is 2.95. The van der Waals surface area contributed by atoms with Crippen LogP contribution in [-0.4, -0.2) is 43.6 Å². The van der Waals surface area contributed by atoms with Crippen LogP contribution in [-0.2, 0) is 4.79 Å². The van der Waals surface area contributed by atoms with Crippen LogP contribution in [0.25, 0.3) is 6.08 Å². The van der Waals surface area contributed by atoms with Gasteiger partial charge < -0.3 is 15.0 Å². The Balaban J connectivity index is 1.95. The van der Waals surface area contributed by atoms with E-state index in [1.54, 1.807) is 6.08 Å². The molecule has 1 aromatic carbocycles. The Morgan fingerprint density at radius 1 is 1.43 bits per heavy atom. The van der Waals surface area contributed by atoms with Gasteiger partial charge in [0.25, 0.3) is 0 Å². The Bertz CT molecular complexity index is 482. The third-order valence-electron chi connectivity index (χ3n) is 3.71. The molecule has 1 unspecified atom stereocenters. The van der Waals surface area contributed by atoms with Crippen molar-refractivity contribution in [3.8, 4) is 5.75 Å². The smallest absolute Gasteiger partial charge is 0.246 e. The SMILES string of the molecule is CCOc1ccc(C=CC(=O)N2CCCC2CNC)cc1. The van der Waals surface area contributed by atoms with Crippen LogP contribution in [0.15, 0.2) is 30.3 Å². The van der Waals surface area contributed by atoms with E-state index in [4.69, 9.17) is 4.74 Å². The highest BCUT2D eigenvalue weighted by atomic mass is 16.5. The number of likely N-dealkylation sites (tertiary alicyclic amines) is 1. The average molecular weight is 288 g/mol. The van der Waals surface area contributed by atoms with E-state index in [1.165, 1.54) is 0 Å². The highest BCUT2D eigenvalue weighted by Crippen LogP contribution is 2.18. The highest BCUT2D eigenvalue weighted by Gasteiger charge is 2.26. The Kier molecular flexibility index (Phi) is 5.81. The van der Waals surface area contributed by atoms with Gasteiger partial charge in [0, 0.05) is 25.2 Å². The van der Waals surface area contributed by atoms with E-state index in [0.717, 1.165) is 37.2 Å². The van der Waals surface area contributed by atoms with E-state index in [2.05, 4.69) is 5.32 Å². The largest absolute Gasteiger partial charge is 0.494 e. The first-order valence-corrected chi connectivity index (χ1v) is 7.60. The highest BCUT2D eigenvalue weighted by molar-refractivity contribution is 5.92. The summed E-state index contributed by atoms with van der Waals surface area (Å²) in [6.07, 6.45) is 5.72. The summed E-state index contributed by atoms with van der Waals surface area (Å²) in [6, 6.07) is 8.10. The maximum absolute atomic E-state index is 12.3. The summed E-state index contributed by atoms with van der Waals surface area (Å²) in [6.45, 7) is 4.35. The zero-order chi connectivity index (χ0) is 15.1. The van der Waals surface area contributed by atoms with Gasteiger partial charge in [-0.05, 0) is 50.6 Å². The Morgan fingerprint density at radius 2 is 2.19 bits per heavy atom. The molecule has 0 bridgehead atoms. The van der Waals surface area contributed by atoms with E-state index >= 15 is 0 Å². The van der Waals surface area contributed by atoms with Gasteiger partial charge in [0.2, 0.25) is 5.91 Å². The van der Waals surface area contributed by atoms with Gasteiger partial charge in [-0.15, -0.1) is 0 Å². The molecule has 2 rings (SSSR count). The number of nitrogens with one attached hydrogen (secondary N) is 1. The molecule has 0 aliphatic carbocycles. The number of benzene rings is 1. The molecule has 0 spiro atoms. The molecular weight excluding hydrogens is 264 g/mol. The number of carbonyl (C=O) groups excluding carboxylic acids is 1. The van der Waals surface area contributed by atoms with Crippen molar-refractivity contribution in [3.05, 3.63) is 35.9 Å². The summed E-state index contributed by atoms with van der Waals surface area (Å²) in [7, 11) is 1.93. The lowest BCUT2D eigenvalue weighted by atomic mass is 10.2. The van der Waals surface area contributed by atoms with E-state index < -0.39 is 0 Å². The monoisotopic (exact) mass is 288 g/mol. The van der Waals surface area contributed by atoms with Crippen molar-refractivity contribution >= 4 is 12.0 Å². The Morgan fingerprint density at radius 3 is 2.86 bits per heavy atom. The predicted octanol–water partition coefficient (Wildman–Crippen LogP) is 2.31. The molecular formula is C17H24N2O2. The quantitative estimate of drug-likeness (QED) is 0.817. The van der Waals surface area contributed by atoms with Crippen LogP contribution in [0.3, 0.4) is 0 Å². The van der Waals surface area contributed by atoms with Gasteiger partial charge >= 0.3 is 0 Å². The summed E-state index contributed by atoms with van der Waals surface area (Å²) in [5, 5.41) is 3.15. The van der Waals surface area contributed by atoms with Gasteiger partial charge in [0.05, 0.1) is 6.61 Å². The van der Waals surface area contributed by atoms with Crippen molar-refractivity contribution in [1.29, 1.82) is 0 Å². The number of amides is 1. The topological polar surface area (TPSA) is 41.6 Å². The van der Waals surface area contributed by atoms with E-state index in [-0.39, 0.29) is 5.91 Å². The summed E-state index contributed by atoms with van der Waals surface area (Å²) in [5.41, 5.74) is 1.01. The second kappa shape index (κ2) is 7.84. The third kappa shape index (κ3) is 4.33. The predicted molar refractivity (Wildman–Crippen MR) is 85.3 cm³/mol. The van der Waals surface area contributed by atoms with Crippen molar-refractivity contribution in [3.63, 3.8) is 0 Å². The molecule has 1 heterocycles. The zero-order valence-electron chi connectivity index (χ0n) is 12.8. The zero-order valence-corrected chi connectivity index (χ0v) is 12.8. The molecule has 114 valence electrons. The molecule has 4 heteroatoms.